The Morgan fingerprint density at radius 3 is 2.70 bits per heavy atom. The standard InChI is InChI=1S/C20H23N3O4/c1-13-7-8-16(21-14(2)24)11-17(13)22-19(25)15-5-3-9-23(12-15)20(26)18-6-4-10-27-18/h4,6-8,10-11,15H,3,5,9,12H2,1-2H3,(H,21,24)(H,22,25). The summed E-state index contributed by atoms with van der Waals surface area (Å²) in [5, 5.41) is 5.65. The zero-order valence-electron chi connectivity index (χ0n) is 15.5. The highest BCUT2D eigenvalue weighted by atomic mass is 16.3. The second-order valence-corrected chi connectivity index (χ2v) is 6.77. The van der Waals surface area contributed by atoms with E-state index in [1.807, 2.05) is 13.0 Å². The Hall–Kier alpha value is -3.09. The second kappa shape index (κ2) is 8.07. The summed E-state index contributed by atoms with van der Waals surface area (Å²) in [6.45, 7) is 4.29. The maximum atomic E-state index is 12.7. The molecule has 3 amide bonds. The van der Waals surface area contributed by atoms with Crippen LogP contribution in [0, 0.1) is 12.8 Å². The van der Waals surface area contributed by atoms with Crippen molar-refractivity contribution in [3.05, 3.63) is 47.9 Å². The summed E-state index contributed by atoms with van der Waals surface area (Å²) in [4.78, 5) is 38.1. The Morgan fingerprint density at radius 2 is 2.00 bits per heavy atom. The van der Waals surface area contributed by atoms with Gasteiger partial charge in [0.2, 0.25) is 11.8 Å². The third kappa shape index (κ3) is 4.55. The minimum atomic E-state index is -0.290. The molecule has 1 aliphatic heterocycles. The molecule has 1 atom stereocenters. The van der Waals surface area contributed by atoms with Gasteiger partial charge in [-0.25, -0.2) is 0 Å². The lowest BCUT2D eigenvalue weighted by Gasteiger charge is -2.31. The number of amides is 3. The number of carbonyl (C=O) groups excluding carboxylic acids is 3. The summed E-state index contributed by atoms with van der Waals surface area (Å²) < 4.78 is 5.17. The van der Waals surface area contributed by atoms with E-state index in [4.69, 9.17) is 4.42 Å². The van der Waals surface area contributed by atoms with Crippen molar-refractivity contribution in [1.82, 2.24) is 4.90 Å². The van der Waals surface area contributed by atoms with Gasteiger partial charge in [-0.05, 0) is 49.6 Å². The lowest BCUT2D eigenvalue weighted by atomic mass is 9.96. The van der Waals surface area contributed by atoms with E-state index in [2.05, 4.69) is 10.6 Å². The Labute approximate surface area is 157 Å². The van der Waals surface area contributed by atoms with E-state index in [0.29, 0.717) is 24.5 Å². The molecule has 0 spiro atoms. The van der Waals surface area contributed by atoms with Gasteiger partial charge < -0.3 is 20.0 Å². The van der Waals surface area contributed by atoms with E-state index in [0.717, 1.165) is 18.4 Å². The third-order valence-corrected chi connectivity index (χ3v) is 4.63. The second-order valence-electron chi connectivity index (χ2n) is 6.77. The van der Waals surface area contributed by atoms with Crippen LogP contribution < -0.4 is 10.6 Å². The number of rotatable bonds is 4. The van der Waals surface area contributed by atoms with Gasteiger partial charge in [-0.2, -0.15) is 0 Å². The first kappa shape index (κ1) is 18.7. The molecule has 142 valence electrons. The Kier molecular flexibility index (Phi) is 5.59. The van der Waals surface area contributed by atoms with Crippen LogP contribution in [0.2, 0.25) is 0 Å². The van der Waals surface area contributed by atoms with Crippen molar-refractivity contribution in [3.8, 4) is 0 Å². The van der Waals surface area contributed by atoms with Crippen LogP contribution in [0.25, 0.3) is 0 Å². The Morgan fingerprint density at radius 1 is 1.19 bits per heavy atom. The van der Waals surface area contributed by atoms with Crippen LogP contribution >= 0.6 is 0 Å². The van der Waals surface area contributed by atoms with Gasteiger partial charge in [0, 0.05) is 31.4 Å². The van der Waals surface area contributed by atoms with Gasteiger partial charge in [-0.15, -0.1) is 0 Å². The summed E-state index contributed by atoms with van der Waals surface area (Å²) in [5.41, 5.74) is 2.18. The number of nitrogens with zero attached hydrogens (tertiary/aromatic N) is 1. The van der Waals surface area contributed by atoms with Gasteiger partial charge in [0.15, 0.2) is 5.76 Å². The van der Waals surface area contributed by atoms with E-state index in [-0.39, 0.29) is 29.4 Å². The first-order valence-corrected chi connectivity index (χ1v) is 8.96. The zero-order chi connectivity index (χ0) is 19.4. The minimum Gasteiger partial charge on any atom is -0.459 e. The predicted octanol–water partition coefficient (Wildman–Crippen LogP) is 3.04. The number of hydrogen-bond donors (Lipinski definition) is 2. The molecule has 2 aromatic rings. The number of carbonyl (C=O) groups is 3. The molecule has 7 heteroatoms. The molecule has 2 N–H and O–H groups in total. The molecule has 27 heavy (non-hydrogen) atoms. The smallest absolute Gasteiger partial charge is 0.289 e. The summed E-state index contributed by atoms with van der Waals surface area (Å²) in [6.07, 6.45) is 2.94. The lowest BCUT2D eigenvalue weighted by molar-refractivity contribution is -0.121. The van der Waals surface area contributed by atoms with Crippen LogP contribution in [0.3, 0.4) is 0 Å². The number of piperidine rings is 1. The normalized spacial score (nSPS) is 16.7. The Balaban J connectivity index is 1.67. The van der Waals surface area contributed by atoms with Crippen molar-refractivity contribution in [2.24, 2.45) is 5.92 Å². The molecule has 1 saturated heterocycles. The molecular weight excluding hydrogens is 346 g/mol. The highest BCUT2D eigenvalue weighted by molar-refractivity contribution is 5.96. The quantitative estimate of drug-likeness (QED) is 0.866. The van der Waals surface area contributed by atoms with Gasteiger partial charge in [0.1, 0.15) is 0 Å². The van der Waals surface area contributed by atoms with E-state index < -0.39 is 0 Å². The molecule has 1 fully saturated rings. The van der Waals surface area contributed by atoms with Crippen molar-refractivity contribution >= 4 is 29.1 Å². The minimum absolute atomic E-state index is 0.130. The Bertz CT molecular complexity index is 845. The topological polar surface area (TPSA) is 91.7 Å². The summed E-state index contributed by atoms with van der Waals surface area (Å²) in [7, 11) is 0. The van der Waals surface area contributed by atoms with Gasteiger partial charge >= 0.3 is 0 Å². The number of benzene rings is 1. The number of furan rings is 1. The maximum absolute atomic E-state index is 12.7. The molecule has 0 saturated carbocycles. The number of nitrogens with one attached hydrogen (secondary N) is 2. The van der Waals surface area contributed by atoms with Crippen LogP contribution in [-0.2, 0) is 9.59 Å². The van der Waals surface area contributed by atoms with Gasteiger partial charge in [0.25, 0.3) is 5.91 Å². The van der Waals surface area contributed by atoms with E-state index in [9.17, 15) is 14.4 Å². The third-order valence-electron chi connectivity index (χ3n) is 4.63. The molecule has 0 aliphatic carbocycles. The fourth-order valence-corrected chi connectivity index (χ4v) is 3.20. The molecule has 0 bridgehead atoms. The summed E-state index contributed by atoms with van der Waals surface area (Å²) in [5.74, 6) is -0.497. The van der Waals surface area contributed by atoms with Crippen LogP contribution in [-0.4, -0.2) is 35.7 Å². The number of hydrogen-bond acceptors (Lipinski definition) is 4. The number of anilines is 2. The van der Waals surface area contributed by atoms with Crippen molar-refractivity contribution in [1.29, 1.82) is 0 Å². The van der Waals surface area contributed by atoms with Gasteiger partial charge in [0.05, 0.1) is 12.2 Å². The van der Waals surface area contributed by atoms with Crippen molar-refractivity contribution in [3.63, 3.8) is 0 Å². The highest BCUT2D eigenvalue weighted by Crippen LogP contribution is 2.24. The van der Waals surface area contributed by atoms with Crippen molar-refractivity contribution in [2.45, 2.75) is 26.7 Å². The monoisotopic (exact) mass is 369 g/mol. The molecule has 1 unspecified atom stereocenters. The fraction of sp³-hybridized carbons (Fsp3) is 0.350. The number of aryl methyl sites for hydroxylation is 1. The molecule has 0 radical (unpaired) electrons. The molecular formula is C20H23N3O4. The highest BCUT2D eigenvalue weighted by Gasteiger charge is 2.30. The summed E-state index contributed by atoms with van der Waals surface area (Å²) >= 11 is 0. The molecule has 1 aromatic heterocycles. The number of likely N-dealkylation sites (tertiary alicyclic amines) is 1. The zero-order valence-corrected chi connectivity index (χ0v) is 15.5. The average Bonchev–Trinajstić information content (AvgIpc) is 3.18. The van der Waals surface area contributed by atoms with E-state index >= 15 is 0 Å². The van der Waals surface area contributed by atoms with Gasteiger partial charge in [-0.1, -0.05) is 6.07 Å². The average molecular weight is 369 g/mol. The largest absolute Gasteiger partial charge is 0.459 e. The molecule has 1 aliphatic rings. The van der Waals surface area contributed by atoms with Crippen LogP contribution in [0.4, 0.5) is 11.4 Å². The molecule has 7 nitrogen and oxygen atoms in total. The van der Waals surface area contributed by atoms with E-state index in [1.54, 1.807) is 29.2 Å². The first-order chi connectivity index (χ1) is 12.9. The van der Waals surface area contributed by atoms with Crippen LogP contribution in [0.15, 0.2) is 41.0 Å². The SMILES string of the molecule is CC(=O)Nc1ccc(C)c(NC(=O)C2CCCN(C(=O)c3ccco3)C2)c1. The van der Waals surface area contributed by atoms with Crippen LogP contribution in [0.5, 0.6) is 0 Å². The van der Waals surface area contributed by atoms with E-state index in [1.165, 1.54) is 13.2 Å². The maximum Gasteiger partial charge on any atom is 0.289 e. The van der Waals surface area contributed by atoms with Crippen LogP contribution in [0.1, 0.15) is 35.9 Å². The van der Waals surface area contributed by atoms with Gasteiger partial charge in [-0.3, -0.25) is 14.4 Å². The van der Waals surface area contributed by atoms with Crippen molar-refractivity contribution < 1.29 is 18.8 Å². The summed E-state index contributed by atoms with van der Waals surface area (Å²) in [6, 6.07) is 8.67. The molecule has 1 aromatic carbocycles. The lowest BCUT2D eigenvalue weighted by Crippen LogP contribution is -2.43. The predicted molar refractivity (Wildman–Crippen MR) is 101 cm³/mol. The first-order valence-electron chi connectivity index (χ1n) is 8.96. The molecule has 3 rings (SSSR count). The van der Waals surface area contributed by atoms with Crippen molar-refractivity contribution in [2.75, 3.05) is 23.7 Å². The molecule has 2 heterocycles. The fourth-order valence-electron chi connectivity index (χ4n) is 3.20.